The lowest BCUT2D eigenvalue weighted by Gasteiger charge is -2.17. The molecule has 0 radical (unpaired) electrons. The monoisotopic (exact) mass is 221 g/mol. The summed E-state index contributed by atoms with van der Waals surface area (Å²) in [5.41, 5.74) is 3.29. The van der Waals surface area contributed by atoms with E-state index in [2.05, 4.69) is 22.4 Å². The van der Waals surface area contributed by atoms with Gasteiger partial charge in [0.2, 0.25) is 0 Å². The quantitative estimate of drug-likeness (QED) is 0.739. The Bertz CT molecular complexity index is 411. The fourth-order valence-electron chi connectivity index (χ4n) is 2.32. The van der Waals surface area contributed by atoms with Crippen molar-refractivity contribution in [3.8, 4) is 0 Å². The van der Waals surface area contributed by atoms with E-state index in [-0.39, 0.29) is 5.56 Å². The first-order chi connectivity index (χ1) is 7.83. The predicted molar refractivity (Wildman–Crippen MR) is 63.7 cm³/mol. The lowest BCUT2D eigenvalue weighted by atomic mass is 9.91. The summed E-state index contributed by atoms with van der Waals surface area (Å²) in [6.45, 7) is 4.00. The number of nitrogens with zero attached hydrogens (tertiary/aromatic N) is 1. The van der Waals surface area contributed by atoms with Crippen molar-refractivity contribution in [1.29, 1.82) is 0 Å². The second-order valence-electron chi connectivity index (χ2n) is 4.27. The Morgan fingerprint density at radius 2 is 2.06 bits per heavy atom. The van der Waals surface area contributed by atoms with E-state index in [0.717, 1.165) is 50.0 Å². The second-order valence-corrected chi connectivity index (χ2v) is 4.27. The lowest BCUT2D eigenvalue weighted by Crippen LogP contribution is -2.25. The van der Waals surface area contributed by atoms with Crippen LogP contribution in [0.25, 0.3) is 0 Å². The molecular weight excluding hydrogens is 202 g/mol. The minimum absolute atomic E-state index is 0.0156. The molecule has 4 nitrogen and oxygen atoms in total. The number of aromatic nitrogens is 2. The van der Waals surface area contributed by atoms with Gasteiger partial charge in [-0.3, -0.25) is 4.79 Å². The van der Waals surface area contributed by atoms with Crippen molar-refractivity contribution in [2.24, 2.45) is 0 Å². The summed E-state index contributed by atoms with van der Waals surface area (Å²) in [7, 11) is 0. The average Bonchev–Trinajstić information content (AvgIpc) is 2.33. The Hall–Kier alpha value is -1.16. The van der Waals surface area contributed by atoms with Crippen LogP contribution in [-0.2, 0) is 19.3 Å². The number of rotatable bonds is 4. The molecule has 0 aliphatic heterocycles. The van der Waals surface area contributed by atoms with Crippen molar-refractivity contribution in [2.75, 3.05) is 13.1 Å². The van der Waals surface area contributed by atoms with Crippen LogP contribution in [0.5, 0.6) is 0 Å². The Balaban J connectivity index is 2.21. The summed E-state index contributed by atoms with van der Waals surface area (Å²) in [4.78, 5) is 11.6. The van der Waals surface area contributed by atoms with Crippen LogP contribution in [-0.4, -0.2) is 23.3 Å². The van der Waals surface area contributed by atoms with E-state index in [0.29, 0.717) is 0 Å². The number of aromatic amines is 1. The summed E-state index contributed by atoms with van der Waals surface area (Å²) in [6.07, 6.45) is 5.17. The molecule has 0 fully saturated rings. The van der Waals surface area contributed by atoms with E-state index < -0.39 is 0 Å². The van der Waals surface area contributed by atoms with Crippen molar-refractivity contribution in [2.45, 2.75) is 39.0 Å². The highest BCUT2D eigenvalue weighted by atomic mass is 16.1. The molecule has 2 rings (SSSR count). The molecule has 0 spiro atoms. The molecule has 1 aromatic rings. The number of hydrogen-bond acceptors (Lipinski definition) is 3. The third kappa shape index (κ3) is 2.32. The van der Waals surface area contributed by atoms with Crippen LogP contribution in [0.15, 0.2) is 4.79 Å². The van der Waals surface area contributed by atoms with Gasteiger partial charge in [-0.25, -0.2) is 5.10 Å². The highest BCUT2D eigenvalue weighted by molar-refractivity contribution is 5.30. The SMILES string of the molecule is CCNCCc1n[nH]c(=O)c2c1CCCC2. The van der Waals surface area contributed by atoms with Gasteiger partial charge < -0.3 is 5.32 Å². The number of nitrogens with one attached hydrogen (secondary N) is 2. The predicted octanol–water partition coefficient (Wildman–Crippen LogP) is 0.801. The van der Waals surface area contributed by atoms with Gasteiger partial charge in [-0.05, 0) is 37.8 Å². The van der Waals surface area contributed by atoms with Crippen molar-refractivity contribution in [1.82, 2.24) is 15.5 Å². The summed E-state index contributed by atoms with van der Waals surface area (Å²) >= 11 is 0. The minimum atomic E-state index is 0.0156. The van der Waals surface area contributed by atoms with Crippen LogP contribution in [0.3, 0.4) is 0 Å². The topological polar surface area (TPSA) is 57.8 Å². The first-order valence-corrected chi connectivity index (χ1v) is 6.13. The van der Waals surface area contributed by atoms with Gasteiger partial charge in [-0.2, -0.15) is 5.10 Å². The van der Waals surface area contributed by atoms with Crippen LogP contribution in [0, 0.1) is 0 Å². The molecule has 0 unspecified atom stereocenters. The molecule has 2 N–H and O–H groups in total. The van der Waals surface area contributed by atoms with Gasteiger partial charge in [0.25, 0.3) is 5.56 Å². The van der Waals surface area contributed by atoms with E-state index in [9.17, 15) is 4.79 Å². The van der Waals surface area contributed by atoms with Crippen LogP contribution in [0.4, 0.5) is 0 Å². The van der Waals surface area contributed by atoms with Gasteiger partial charge in [0.05, 0.1) is 5.69 Å². The molecule has 1 aliphatic carbocycles. The molecule has 1 heterocycles. The maximum absolute atomic E-state index is 11.6. The first-order valence-electron chi connectivity index (χ1n) is 6.13. The Labute approximate surface area is 95.5 Å². The van der Waals surface area contributed by atoms with Crippen LogP contribution in [0.2, 0.25) is 0 Å². The first kappa shape index (κ1) is 11.3. The largest absolute Gasteiger partial charge is 0.317 e. The summed E-state index contributed by atoms with van der Waals surface area (Å²) in [5, 5.41) is 10.1. The van der Waals surface area contributed by atoms with Crippen molar-refractivity contribution in [3.63, 3.8) is 0 Å². The van der Waals surface area contributed by atoms with E-state index >= 15 is 0 Å². The van der Waals surface area contributed by atoms with Gasteiger partial charge in [-0.15, -0.1) is 0 Å². The van der Waals surface area contributed by atoms with Gasteiger partial charge in [0, 0.05) is 18.5 Å². The Morgan fingerprint density at radius 3 is 2.81 bits per heavy atom. The van der Waals surface area contributed by atoms with Crippen LogP contribution < -0.4 is 10.9 Å². The molecule has 0 aromatic carbocycles. The third-order valence-electron chi connectivity index (χ3n) is 3.17. The fraction of sp³-hybridized carbons (Fsp3) is 0.667. The van der Waals surface area contributed by atoms with Crippen LogP contribution in [0.1, 0.15) is 36.6 Å². The van der Waals surface area contributed by atoms with E-state index in [1.54, 1.807) is 0 Å². The number of fused-ring (bicyclic) bond motifs is 1. The number of likely N-dealkylation sites (N-methyl/N-ethyl adjacent to an activating group) is 1. The standard InChI is InChI=1S/C12H19N3O/c1-2-13-8-7-11-9-5-3-4-6-10(9)12(16)15-14-11/h13H,2-8H2,1H3,(H,15,16). The molecular formula is C12H19N3O. The molecule has 16 heavy (non-hydrogen) atoms. The molecule has 4 heteroatoms. The fourth-order valence-corrected chi connectivity index (χ4v) is 2.32. The number of H-pyrrole nitrogens is 1. The summed E-state index contributed by atoms with van der Waals surface area (Å²) < 4.78 is 0. The maximum atomic E-state index is 11.6. The summed E-state index contributed by atoms with van der Waals surface area (Å²) in [6, 6.07) is 0. The van der Waals surface area contributed by atoms with E-state index in [1.807, 2.05) is 0 Å². The van der Waals surface area contributed by atoms with Crippen LogP contribution >= 0.6 is 0 Å². The Kier molecular flexibility index (Phi) is 3.72. The maximum Gasteiger partial charge on any atom is 0.267 e. The van der Waals surface area contributed by atoms with Gasteiger partial charge >= 0.3 is 0 Å². The zero-order valence-corrected chi connectivity index (χ0v) is 9.81. The molecule has 0 saturated heterocycles. The highest BCUT2D eigenvalue weighted by Crippen LogP contribution is 2.19. The van der Waals surface area contributed by atoms with E-state index in [1.165, 1.54) is 12.0 Å². The summed E-state index contributed by atoms with van der Waals surface area (Å²) in [5.74, 6) is 0. The molecule has 1 aliphatic rings. The third-order valence-corrected chi connectivity index (χ3v) is 3.17. The van der Waals surface area contributed by atoms with Gasteiger partial charge in [0.15, 0.2) is 0 Å². The molecule has 0 amide bonds. The zero-order chi connectivity index (χ0) is 11.4. The Morgan fingerprint density at radius 1 is 1.31 bits per heavy atom. The smallest absolute Gasteiger partial charge is 0.267 e. The molecule has 1 aromatic heterocycles. The zero-order valence-electron chi connectivity index (χ0n) is 9.81. The van der Waals surface area contributed by atoms with Gasteiger partial charge in [-0.1, -0.05) is 6.92 Å². The molecule has 0 bridgehead atoms. The number of hydrogen-bond donors (Lipinski definition) is 2. The van der Waals surface area contributed by atoms with Crippen molar-refractivity contribution in [3.05, 3.63) is 27.2 Å². The normalized spacial score (nSPS) is 14.8. The molecule has 0 atom stereocenters. The minimum Gasteiger partial charge on any atom is -0.317 e. The van der Waals surface area contributed by atoms with E-state index in [4.69, 9.17) is 0 Å². The lowest BCUT2D eigenvalue weighted by molar-refractivity contribution is 0.637. The van der Waals surface area contributed by atoms with Gasteiger partial charge in [0.1, 0.15) is 0 Å². The second kappa shape index (κ2) is 5.25. The molecule has 88 valence electrons. The molecule has 0 saturated carbocycles. The van der Waals surface area contributed by atoms with Crippen molar-refractivity contribution >= 4 is 0 Å². The highest BCUT2D eigenvalue weighted by Gasteiger charge is 2.17. The average molecular weight is 221 g/mol. The van der Waals surface area contributed by atoms with Crippen molar-refractivity contribution < 1.29 is 0 Å².